The highest BCUT2D eigenvalue weighted by Gasteiger charge is 2.57. The summed E-state index contributed by atoms with van der Waals surface area (Å²) in [7, 11) is 1.31. The summed E-state index contributed by atoms with van der Waals surface area (Å²) in [5.74, 6) is -2.51. The minimum atomic E-state index is -1.88. The van der Waals surface area contributed by atoms with Crippen LogP contribution in [0.3, 0.4) is 0 Å². The third kappa shape index (κ3) is 16.9. The summed E-state index contributed by atoms with van der Waals surface area (Å²) in [4.78, 5) is 83.2. The topological polar surface area (TPSA) is 329 Å². The van der Waals surface area contributed by atoms with Gasteiger partial charge < -0.3 is 85.5 Å². The number of nitrogens with zero attached hydrogens (tertiary/aromatic N) is 2. The molecule has 13 atom stereocenters. The van der Waals surface area contributed by atoms with E-state index in [1.54, 1.807) is 89.2 Å². The van der Waals surface area contributed by atoms with Gasteiger partial charge in [0.05, 0.1) is 37.4 Å². The van der Waals surface area contributed by atoms with Crippen LogP contribution in [0.1, 0.15) is 122 Å². The minimum absolute atomic E-state index is 0.104. The average Bonchev–Trinajstić information content (AvgIpc) is 3.71. The van der Waals surface area contributed by atoms with Crippen LogP contribution in [0.2, 0.25) is 0 Å². The van der Waals surface area contributed by atoms with E-state index in [1.165, 1.54) is 18.9 Å². The Morgan fingerprint density at radius 3 is 2.03 bits per heavy atom. The minimum Gasteiger partial charge on any atom is -0.491 e. The van der Waals surface area contributed by atoms with Gasteiger partial charge in [0, 0.05) is 32.1 Å². The molecule has 0 aromatic carbocycles. The number of nitrogens with two attached hydrogens (primary N) is 1. The number of likely N-dealkylation sites (tertiary alicyclic amines) is 1. The van der Waals surface area contributed by atoms with Crippen LogP contribution in [-0.2, 0) is 42.7 Å². The number of aliphatic hydroxyl groups excluding tert-OH is 3. The molecule has 3 aliphatic heterocycles. The van der Waals surface area contributed by atoms with Crippen molar-refractivity contribution in [1.29, 1.82) is 0 Å². The molecule has 2 unspecified atom stereocenters. The lowest BCUT2D eigenvalue weighted by Crippen LogP contribution is -2.71. The molecule has 3 fully saturated rings. The molecule has 24 nitrogen and oxygen atoms in total. The SMILES string of the molecule is CN(C(=O)OC(C)(C)C)[C@@H]1[C@@H](O)[C@@H](O[C@H]2[C@H](NC(=O)[C@@H](O)CCNC(=O)OC(C)(C)C)C[C@H](NC(=O)OC(C)(C)C)C([C@H]3OC(CN)=CC[C@H]3NC(=O)C3CCCN3C(=O)OC(C)(C)C)[C@@H]2O)OC[C@]1(C)O. The summed E-state index contributed by atoms with van der Waals surface area (Å²) in [6.07, 6.45) is -11.2. The summed E-state index contributed by atoms with van der Waals surface area (Å²) in [5.41, 5.74) is 0.620. The van der Waals surface area contributed by atoms with E-state index in [1.807, 2.05) is 0 Å². The lowest BCUT2D eigenvalue weighted by Gasteiger charge is -2.52. The third-order valence-corrected chi connectivity index (χ3v) is 12.1. The van der Waals surface area contributed by atoms with Gasteiger partial charge in [0.15, 0.2) is 6.29 Å². The molecule has 4 aliphatic rings. The van der Waals surface area contributed by atoms with Crippen LogP contribution in [0.4, 0.5) is 19.2 Å². The molecular formula is C48H83N7O17. The van der Waals surface area contributed by atoms with E-state index in [4.69, 9.17) is 38.9 Å². The number of carbonyl (C=O) groups is 6. The Balaban J connectivity index is 1.78. The largest absolute Gasteiger partial charge is 0.491 e. The molecule has 0 spiro atoms. The number of carbonyl (C=O) groups excluding carboxylic acids is 6. The Labute approximate surface area is 422 Å². The van der Waals surface area contributed by atoms with Gasteiger partial charge in [-0.15, -0.1) is 0 Å². The zero-order chi connectivity index (χ0) is 54.5. The van der Waals surface area contributed by atoms with Crippen molar-refractivity contribution in [1.82, 2.24) is 31.1 Å². The van der Waals surface area contributed by atoms with E-state index < -0.39 is 144 Å². The first-order valence-corrected chi connectivity index (χ1v) is 24.6. The van der Waals surface area contributed by atoms with E-state index in [2.05, 4.69) is 21.3 Å². The number of ether oxygens (including phenoxy) is 7. The van der Waals surface area contributed by atoms with E-state index in [0.29, 0.717) is 12.8 Å². The van der Waals surface area contributed by atoms with E-state index >= 15 is 0 Å². The van der Waals surface area contributed by atoms with Crippen LogP contribution in [0, 0.1) is 5.92 Å². The molecule has 412 valence electrons. The van der Waals surface area contributed by atoms with E-state index in [0.717, 1.165) is 4.90 Å². The van der Waals surface area contributed by atoms with Crippen LogP contribution in [0.5, 0.6) is 0 Å². The second kappa shape index (κ2) is 23.7. The molecule has 0 aromatic heterocycles. The van der Waals surface area contributed by atoms with Gasteiger partial charge in [0.1, 0.15) is 64.2 Å². The van der Waals surface area contributed by atoms with Gasteiger partial charge in [-0.2, -0.15) is 0 Å². The number of likely N-dealkylation sites (N-methyl/N-ethyl adjacent to an activating group) is 1. The molecule has 2 saturated heterocycles. The molecule has 0 radical (unpaired) electrons. The van der Waals surface area contributed by atoms with Crippen molar-refractivity contribution >= 4 is 36.2 Å². The van der Waals surface area contributed by atoms with Gasteiger partial charge in [0.2, 0.25) is 11.8 Å². The molecular weight excluding hydrogens is 947 g/mol. The van der Waals surface area contributed by atoms with Gasteiger partial charge in [-0.3, -0.25) is 14.5 Å². The predicted octanol–water partition coefficient (Wildman–Crippen LogP) is 1.63. The Hall–Kier alpha value is -4.72. The second-order valence-electron chi connectivity index (χ2n) is 23.2. The molecule has 10 N–H and O–H groups in total. The van der Waals surface area contributed by atoms with E-state index in [-0.39, 0.29) is 44.7 Å². The van der Waals surface area contributed by atoms with Gasteiger partial charge in [-0.1, -0.05) is 0 Å². The number of hydrogen-bond acceptors (Lipinski definition) is 18. The van der Waals surface area contributed by atoms with E-state index in [9.17, 15) is 49.2 Å². The average molecular weight is 1030 g/mol. The van der Waals surface area contributed by atoms with Crippen molar-refractivity contribution in [2.45, 2.75) is 217 Å². The van der Waals surface area contributed by atoms with Crippen molar-refractivity contribution in [3.05, 3.63) is 11.8 Å². The summed E-state index contributed by atoms with van der Waals surface area (Å²) >= 11 is 0. The highest BCUT2D eigenvalue weighted by molar-refractivity contribution is 5.86. The monoisotopic (exact) mass is 1030 g/mol. The maximum Gasteiger partial charge on any atom is 0.410 e. The molecule has 72 heavy (non-hydrogen) atoms. The summed E-state index contributed by atoms with van der Waals surface area (Å²) < 4.78 is 40.9. The predicted molar refractivity (Wildman–Crippen MR) is 258 cm³/mol. The van der Waals surface area contributed by atoms with Gasteiger partial charge in [-0.25, -0.2) is 19.2 Å². The highest BCUT2D eigenvalue weighted by Crippen LogP contribution is 2.39. The van der Waals surface area contributed by atoms with Crippen molar-refractivity contribution in [2.75, 3.05) is 33.3 Å². The maximum absolute atomic E-state index is 14.3. The third-order valence-electron chi connectivity index (χ3n) is 12.1. The summed E-state index contributed by atoms with van der Waals surface area (Å²) in [6, 6.07) is -5.82. The zero-order valence-corrected chi connectivity index (χ0v) is 44.4. The molecule has 3 heterocycles. The molecule has 4 rings (SSSR count). The van der Waals surface area contributed by atoms with Crippen LogP contribution in [-0.4, -0.2) is 195 Å². The fourth-order valence-electron chi connectivity index (χ4n) is 9.14. The second-order valence-corrected chi connectivity index (χ2v) is 23.2. The van der Waals surface area contributed by atoms with Crippen LogP contribution < -0.4 is 27.0 Å². The fraction of sp³-hybridized carbons (Fsp3) is 0.833. The highest BCUT2D eigenvalue weighted by atomic mass is 16.7. The molecule has 0 aromatic rings. The van der Waals surface area contributed by atoms with Crippen LogP contribution in [0.25, 0.3) is 0 Å². The first-order chi connectivity index (χ1) is 33.0. The fourth-order valence-corrected chi connectivity index (χ4v) is 9.14. The van der Waals surface area contributed by atoms with Gasteiger partial charge in [-0.05, 0) is 128 Å². The molecule has 6 amide bonds. The zero-order valence-electron chi connectivity index (χ0n) is 44.4. The van der Waals surface area contributed by atoms with Crippen molar-refractivity contribution in [2.24, 2.45) is 11.7 Å². The summed E-state index contributed by atoms with van der Waals surface area (Å²) in [6.45, 7) is 20.8. The Kier molecular flexibility index (Phi) is 19.7. The van der Waals surface area contributed by atoms with Gasteiger partial charge in [0.25, 0.3) is 0 Å². The number of aliphatic hydroxyl groups is 4. The number of hydrogen-bond donors (Lipinski definition) is 9. The molecule has 1 aliphatic carbocycles. The smallest absolute Gasteiger partial charge is 0.410 e. The number of nitrogens with one attached hydrogen (secondary N) is 4. The van der Waals surface area contributed by atoms with Crippen molar-refractivity contribution in [3.63, 3.8) is 0 Å². The van der Waals surface area contributed by atoms with Crippen molar-refractivity contribution in [3.8, 4) is 0 Å². The maximum atomic E-state index is 14.3. The van der Waals surface area contributed by atoms with Crippen LogP contribution >= 0.6 is 0 Å². The molecule has 1 saturated carbocycles. The first kappa shape index (κ1) is 59.8. The van der Waals surface area contributed by atoms with Crippen LogP contribution in [0.15, 0.2) is 11.8 Å². The summed E-state index contributed by atoms with van der Waals surface area (Å²) in [5, 5.41) is 58.5. The Morgan fingerprint density at radius 2 is 1.44 bits per heavy atom. The standard InChI is InChI=1S/C48H83N7O17/c1-44(2,3)69-40(61)50-20-19-30(56)38(60)52-28-22-27(53-41(62)70-45(4,5)6)31(32(57)35(28)68-39-33(58)36(48(13,65)24-66-39)54(14)42(63)71-46(7,8)9)34-26(18-17-25(23-49)67-34)51-37(59)29-16-15-21-55(29)43(64)72-47(10,11)12/h17,26-36,39,56-58,65H,15-16,18-24,49H2,1-14H3,(H,50,61)(H,51,59)(H,52,60)(H,53,62)/t26-,27+,28-,29?,30+,31?,32+,33-,34+,35+,36-,39-,48+/m1/s1. The normalized spacial score (nSPS) is 30.6. The number of alkyl carbamates (subject to hydrolysis) is 2. The Bertz CT molecular complexity index is 1940. The Morgan fingerprint density at radius 1 is 0.847 bits per heavy atom. The number of rotatable bonds is 13. The quantitative estimate of drug-likeness (QED) is 0.118. The molecule has 24 heteroatoms. The van der Waals surface area contributed by atoms with Crippen molar-refractivity contribution < 1.29 is 82.4 Å². The first-order valence-electron chi connectivity index (χ1n) is 24.6. The lowest BCUT2D eigenvalue weighted by molar-refractivity contribution is -0.305. The number of amides is 6. The van der Waals surface area contributed by atoms with Gasteiger partial charge >= 0.3 is 24.4 Å². The molecule has 0 bridgehead atoms. The lowest BCUT2D eigenvalue weighted by atomic mass is 9.72.